The predicted octanol–water partition coefficient (Wildman–Crippen LogP) is 10.4. The molecular formula is C34H47N. The van der Waals surface area contributed by atoms with Gasteiger partial charge in [-0.3, -0.25) is 4.99 Å². The fourth-order valence-corrected chi connectivity index (χ4v) is 6.59. The van der Waals surface area contributed by atoms with Crippen LogP contribution in [0.3, 0.4) is 0 Å². The van der Waals surface area contributed by atoms with Crippen LogP contribution in [0.25, 0.3) is 0 Å². The van der Waals surface area contributed by atoms with Gasteiger partial charge in [0.25, 0.3) is 0 Å². The maximum absolute atomic E-state index is 4.98. The Morgan fingerprint density at radius 2 is 1.66 bits per heavy atom. The van der Waals surface area contributed by atoms with Gasteiger partial charge in [0, 0.05) is 6.42 Å². The summed E-state index contributed by atoms with van der Waals surface area (Å²) in [6.45, 7) is 25.6. The van der Waals surface area contributed by atoms with E-state index >= 15 is 0 Å². The molecule has 1 aromatic carbocycles. The van der Waals surface area contributed by atoms with E-state index in [1.807, 2.05) is 0 Å². The van der Waals surface area contributed by atoms with E-state index < -0.39 is 0 Å². The smallest absolute Gasteiger partial charge is 0.0669 e. The summed E-state index contributed by atoms with van der Waals surface area (Å²) in [5, 5.41) is 0. The van der Waals surface area contributed by atoms with E-state index in [0.717, 1.165) is 18.5 Å². The molecule has 0 unspecified atom stereocenters. The number of rotatable bonds is 9. The van der Waals surface area contributed by atoms with E-state index in [4.69, 9.17) is 4.99 Å². The molecule has 0 N–H and O–H groups in total. The van der Waals surface area contributed by atoms with Gasteiger partial charge in [-0.15, -0.1) is 0 Å². The lowest BCUT2D eigenvalue weighted by Crippen LogP contribution is -2.23. The van der Waals surface area contributed by atoms with Gasteiger partial charge in [0.1, 0.15) is 0 Å². The summed E-state index contributed by atoms with van der Waals surface area (Å²) in [7, 11) is 0. The standard InChI is InChI=1S/C34H47N/c1-11-18-33(7,8)29(13-3)25(6)32(34(9,10)19-12-2)26-15-16-28(24(5)21-26)31-22-27-20-23(4)14-17-30(27)35-31/h13-17,20H,5,11-12,18-19,21-22H2,1-4,6-10H3/b29-13+,32-25+. The molecule has 1 heterocycles. The zero-order valence-electron chi connectivity index (χ0n) is 23.9. The number of aryl methyl sites for hydroxylation is 1. The average Bonchev–Trinajstić information content (AvgIpc) is 3.16. The zero-order chi connectivity index (χ0) is 26.0. The lowest BCUT2D eigenvalue weighted by atomic mass is 9.67. The molecule has 0 bridgehead atoms. The summed E-state index contributed by atoms with van der Waals surface area (Å²) in [5.41, 5.74) is 13.5. The second kappa shape index (κ2) is 10.7. The number of hydrogen-bond donors (Lipinski definition) is 0. The molecule has 0 saturated carbocycles. The lowest BCUT2D eigenvalue weighted by molar-refractivity contribution is 0.387. The molecule has 35 heavy (non-hydrogen) atoms. The van der Waals surface area contributed by atoms with Crippen molar-refractivity contribution >= 4 is 11.4 Å². The highest BCUT2D eigenvalue weighted by atomic mass is 14.8. The SMILES string of the molecule is C=C1CC(/C(=C(C)\C(=C/C)C(C)(C)CCC)C(C)(C)CCC)=CC=C1C1=Nc2ccc(C)cc2C1. The third kappa shape index (κ3) is 5.71. The largest absolute Gasteiger partial charge is 0.252 e. The van der Waals surface area contributed by atoms with Crippen molar-refractivity contribution in [2.75, 3.05) is 0 Å². The summed E-state index contributed by atoms with van der Waals surface area (Å²) < 4.78 is 0. The minimum atomic E-state index is 0.103. The molecule has 188 valence electrons. The number of allylic oxidation sites excluding steroid dienone is 9. The van der Waals surface area contributed by atoms with Crippen molar-refractivity contribution in [1.82, 2.24) is 0 Å². The van der Waals surface area contributed by atoms with Crippen LogP contribution in [0.4, 0.5) is 5.69 Å². The van der Waals surface area contributed by atoms with Gasteiger partial charge in [-0.2, -0.15) is 0 Å². The molecule has 1 heteroatoms. The topological polar surface area (TPSA) is 12.4 Å². The molecule has 1 nitrogen and oxygen atoms in total. The van der Waals surface area contributed by atoms with Crippen molar-refractivity contribution in [1.29, 1.82) is 0 Å². The van der Waals surface area contributed by atoms with E-state index in [1.165, 1.54) is 76.0 Å². The fourth-order valence-electron chi connectivity index (χ4n) is 6.59. The Morgan fingerprint density at radius 3 is 2.26 bits per heavy atom. The first-order chi connectivity index (χ1) is 16.4. The molecule has 0 atom stereocenters. The molecule has 2 aliphatic rings. The van der Waals surface area contributed by atoms with Gasteiger partial charge in [0.2, 0.25) is 0 Å². The Balaban J connectivity index is 2.07. The van der Waals surface area contributed by atoms with Crippen molar-refractivity contribution in [2.45, 2.75) is 101 Å². The summed E-state index contributed by atoms with van der Waals surface area (Å²) in [4.78, 5) is 4.98. The van der Waals surface area contributed by atoms with Crippen molar-refractivity contribution in [3.05, 3.63) is 87.6 Å². The predicted molar refractivity (Wildman–Crippen MR) is 156 cm³/mol. The molecule has 0 aromatic heterocycles. The molecule has 0 amide bonds. The minimum Gasteiger partial charge on any atom is -0.252 e. The summed E-state index contributed by atoms with van der Waals surface area (Å²) in [6, 6.07) is 6.58. The van der Waals surface area contributed by atoms with Crippen LogP contribution in [0.5, 0.6) is 0 Å². The second-order valence-electron chi connectivity index (χ2n) is 11.9. The average molecular weight is 470 g/mol. The molecule has 3 rings (SSSR count). The maximum atomic E-state index is 4.98. The quantitative estimate of drug-likeness (QED) is 0.319. The van der Waals surface area contributed by atoms with Crippen LogP contribution in [0.15, 0.2) is 81.4 Å². The molecule has 1 aliphatic carbocycles. The van der Waals surface area contributed by atoms with E-state index in [1.54, 1.807) is 0 Å². The first kappa shape index (κ1) is 27.2. The fraction of sp³-hybridized carbons (Fsp3) is 0.500. The second-order valence-corrected chi connectivity index (χ2v) is 11.9. The zero-order valence-corrected chi connectivity index (χ0v) is 23.9. The molecule has 0 spiro atoms. The highest BCUT2D eigenvalue weighted by Crippen LogP contribution is 2.47. The highest BCUT2D eigenvalue weighted by Gasteiger charge is 2.33. The summed E-state index contributed by atoms with van der Waals surface area (Å²) in [6.07, 6.45) is 13.6. The minimum absolute atomic E-state index is 0.103. The molecular weight excluding hydrogens is 422 g/mol. The molecule has 1 aromatic rings. The van der Waals surface area contributed by atoms with Gasteiger partial charge in [-0.1, -0.05) is 96.9 Å². The number of nitrogens with zero attached hydrogens (tertiary/aromatic N) is 1. The molecule has 0 saturated heterocycles. The maximum Gasteiger partial charge on any atom is 0.0669 e. The van der Waals surface area contributed by atoms with Crippen LogP contribution in [0.1, 0.15) is 98.6 Å². The van der Waals surface area contributed by atoms with Crippen LogP contribution in [0, 0.1) is 17.8 Å². The van der Waals surface area contributed by atoms with Crippen molar-refractivity contribution in [3.8, 4) is 0 Å². The Labute approximate surface area is 215 Å². The van der Waals surface area contributed by atoms with Crippen LogP contribution in [-0.2, 0) is 6.42 Å². The van der Waals surface area contributed by atoms with Gasteiger partial charge < -0.3 is 0 Å². The Bertz CT molecular complexity index is 1140. The van der Waals surface area contributed by atoms with Crippen LogP contribution in [-0.4, -0.2) is 5.71 Å². The van der Waals surface area contributed by atoms with Crippen LogP contribution in [0.2, 0.25) is 0 Å². The molecule has 0 radical (unpaired) electrons. The van der Waals surface area contributed by atoms with Crippen LogP contribution >= 0.6 is 0 Å². The van der Waals surface area contributed by atoms with Gasteiger partial charge in [0.05, 0.1) is 11.4 Å². The van der Waals surface area contributed by atoms with E-state index in [-0.39, 0.29) is 10.8 Å². The van der Waals surface area contributed by atoms with Crippen molar-refractivity contribution < 1.29 is 0 Å². The number of hydrogen-bond acceptors (Lipinski definition) is 1. The third-order valence-corrected chi connectivity index (χ3v) is 7.94. The molecule has 1 aliphatic heterocycles. The Hall–Kier alpha value is -2.41. The third-order valence-electron chi connectivity index (χ3n) is 7.94. The first-order valence-electron chi connectivity index (χ1n) is 13.6. The summed E-state index contributed by atoms with van der Waals surface area (Å²) >= 11 is 0. The van der Waals surface area contributed by atoms with Gasteiger partial charge in [-0.05, 0) is 95.9 Å². The first-order valence-corrected chi connectivity index (χ1v) is 13.6. The van der Waals surface area contributed by atoms with Crippen molar-refractivity contribution in [2.24, 2.45) is 15.8 Å². The van der Waals surface area contributed by atoms with Gasteiger partial charge in [-0.25, -0.2) is 0 Å². The van der Waals surface area contributed by atoms with Crippen molar-refractivity contribution in [3.63, 3.8) is 0 Å². The Morgan fingerprint density at radius 1 is 1.00 bits per heavy atom. The van der Waals surface area contributed by atoms with E-state index in [9.17, 15) is 0 Å². The number of benzene rings is 1. The summed E-state index contributed by atoms with van der Waals surface area (Å²) in [5.74, 6) is 0. The highest BCUT2D eigenvalue weighted by molar-refractivity contribution is 6.09. The van der Waals surface area contributed by atoms with Gasteiger partial charge in [0.15, 0.2) is 0 Å². The van der Waals surface area contributed by atoms with E-state index in [0.29, 0.717) is 0 Å². The van der Waals surface area contributed by atoms with Gasteiger partial charge >= 0.3 is 0 Å². The van der Waals surface area contributed by atoms with E-state index in [2.05, 4.69) is 105 Å². The lowest BCUT2D eigenvalue weighted by Gasteiger charge is -2.37. The molecule has 0 fully saturated rings. The monoisotopic (exact) mass is 469 g/mol. The number of fused-ring (bicyclic) bond motifs is 1. The Kier molecular flexibility index (Phi) is 8.30. The number of aliphatic imine (C=N–C) groups is 1. The van der Waals surface area contributed by atoms with Crippen LogP contribution < -0.4 is 0 Å². The normalized spacial score (nSPS) is 17.6.